The Balaban J connectivity index is 1.89. The molecular formula is C19H22N4O5. The SMILES string of the molecule is COc1cccc(NC(=O)CN(C)CC(=O)Nc2cc([N+](=O)[O-])ccc2C)c1. The molecule has 0 aliphatic rings. The van der Waals surface area contributed by atoms with Crippen LogP contribution in [0.2, 0.25) is 0 Å². The zero-order valence-corrected chi connectivity index (χ0v) is 15.9. The van der Waals surface area contributed by atoms with E-state index in [0.717, 1.165) is 0 Å². The molecule has 0 heterocycles. The van der Waals surface area contributed by atoms with Crippen molar-refractivity contribution in [3.8, 4) is 5.75 Å². The van der Waals surface area contributed by atoms with E-state index in [1.54, 1.807) is 44.3 Å². The first-order valence-electron chi connectivity index (χ1n) is 8.46. The third-order valence-electron chi connectivity index (χ3n) is 3.89. The number of hydrogen-bond acceptors (Lipinski definition) is 6. The molecule has 148 valence electrons. The van der Waals surface area contributed by atoms with Gasteiger partial charge in [-0.15, -0.1) is 0 Å². The molecule has 0 atom stereocenters. The lowest BCUT2D eigenvalue weighted by Crippen LogP contribution is -2.36. The Kier molecular flexibility index (Phi) is 7.05. The van der Waals surface area contributed by atoms with Gasteiger partial charge in [-0.25, -0.2) is 0 Å². The molecule has 0 fully saturated rings. The lowest BCUT2D eigenvalue weighted by molar-refractivity contribution is -0.384. The minimum absolute atomic E-state index is 0.00144. The molecule has 9 nitrogen and oxygen atoms in total. The van der Waals surface area contributed by atoms with E-state index in [2.05, 4.69) is 10.6 Å². The summed E-state index contributed by atoms with van der Waals surface area (Å²) < 4.78 is 5.10. The number of carbonyl (C=O) groups is 2. The van der Waals surface area contributed by atoms with Crippen LogP contribution in [-0.4, -0.2) is 48.9 Å². The predicted octanol–water partition coefficient (Wildman–Crippen LogP) is 2.42. The minimum atomic E-state index is -0.524. The van der Waals surface area contributed by atoms with Crippen LogP contribution in [0.25, 0.3) is 0 Å². The number of amides is 2. The average molecular weight is 386 g/mol. The van der Waals surface area contributed by atoms with E-state index in [-0.39, 0.29) is 30.6 Å². The monoisotopic (exact) mass is 386 g/mol. The normalized spacial score (nSPS) is 10.4. The third kappa shape index (κ3) is 6.06. The van der Waals surface area contributed by atoms with E-state index < -0.39 is 4.92 Å². The summed E-state index contributed by atoms with van der Waals surface area (Å²) in [5.41, 5.74) is 1.56. The number of benzene rings is 2. The standard InChI is InChI=1S/C19H22N4O5/c1-13-7-8-15(23(26)27)10-17(13)21-19(25)12-22(2)11-18(24)20-14-5-4-6-16(9-14)28-3/h4-10H,11-12H2,1-3H3,(H,20,24)(H,21,25). The van der Waals surface area contributed by atoms with Crippen LogP contribution in [0.4, 0.5) is 17.1 Å². The number of non-ortho nitro benzene ring substituents is 1. The second-order valence-corrected chi connectivity index (χ2v) is 6.26. The number of aryl methyl sites for hydroxylation is 1. The molecule has 2 amide bonds. The fraction of sp³-hybridized carbons (Fsp3) is 0.263. The van der Waals surface area contributed by atoms with Gasteiger partial charge in [-0.05, 0) is 31.7 Å². The first-order chi connectivity index (χ1) is 13.3. The molecule has 0 aliphatic heterocycles. The first kappa shape index (κ1) is 20.8. The fourth-order valence-electron chi connectivity index (χ4n) is 2.50. The summed E-state index contributed by atoms with van der Waals surface area (Å²) in [6.07, 6.45) is 0. The maximum atomic E-state index is 12.2. The van der Waals surface area contributed by atoms with Crippen molar-refractivity contribution in [1.82, 2.24) is 4.90 Å². The van der Waals surface area contributed by atoms with E-state index in [9.17, 15) is 19.7 Å². The van der Waals surface area contributed by atoms with Gasteiger partial charge in [0.25, 0.3) is 5.69 Å². The van der Waals surface area contributed by atoms with Crippen molar-refractivity contribution >= 4 is 28.9 Å². The van der Waals surface area contributed by atoms with Gasteiger partial charge in [0, 0.05) is 23.9 Å². The van der Waals surface area contributed by atoms with Gasteiger partial charge in [-0.2, -0.15) is 0 Å². The van der Waals surface area contributed by atoms with E-state index >= 15 is 0 Å². The Morgan fingerprint density at radius 1 is 1.11 bits per heavy atom. The van der Waals surface area contributed by atoms with Crippen LogP contribution < -0.4 is 15.4 Å². The Bertz CT molecular complexity index is 884. The largest absolute Gasteiger partial charge is 0.497 e. The Hall–Kier alpha value is -3.46. The third-order valence-corrected chi connectivity index (χ3v) is 3.89. The number of anilines is 2. The van der Waals surface area contributed by atoms with Gasteiger partial charge in [0.2, 0.25) is 11.8 Å². The molecule has 2 rings (SSSR count). The number of nitrogens with zero attached hydrogens (tertiary/aromatic N) is 2. The quantitative estimate of drug-likeness (QED) is 0.532. The van der Waals surface area contributed by atoms with E-state index in [4.69, 9.17) is 4.74 Å². The number of carbonyl (C=O) groups excluding carboxylic acids is 2. The van der Waals surface area contributed by atoms with Crippen molar-refractivity contribution in [2.75, 3.05) is 37.9 Å². The van der Waals surface area contributed by atoms with Crippen molar-refractivity contribution in [3.63, 3.8) is 0 Å². The highest BCUT2D eigenvalue weighted by Crippen LogP contribution is 2.21. The highest BCUT2D eigenvalue weighted by atomic mass is 16.6. The van der Waals surface area contributed by atoms with Gasteiger partial charge in [-0.1, -0.05) is 12.1 Å². The summed E-state index contributed by atoms with van der Waals surface area (Å²) in [6, 6.07) is 11.2. The number of nitrogens with one attached hydrogen (secondary N) is 2. The number of likely N-dealkylation sites (N-methyl/N-ethyl adjacent to an activating group) is 1. The van der Waals surface area contributed by atoms with E-state index in [0.29, 0.717) is 22.7 Å². The summed E-state index contributed by atoms with van der Waals surface area (Å²) in [4.78, 5) is 36.2. The minimum Gasteiger partial charge on any atom is -0.497 e. The molecule has 2 aromatic carbocycles. The molecule has 0 radical (unpaired) electrons. The molecule has 0 saturated carbocycles. The highest BCUT2D eigenvalue weighted by Gasteiger charge is 2.14. The molecule has 28 heavy (non-hydrogen) atoms. The molecule has 0 bridgehead atoms. The van der Waals surface area contributed by atoms with Gasteiger partial charge < -0.3 is 15.4 Å². The van der Waals surface area contributed by atoms with Crippen LogP contribution >= 0.6 is 0 Å². The molecule has 2 N–H and O–H groups in total. The van der Waals surface area contributed by atoms with Crippen LogP contribution in [0.15, 0.2) is 42.5 Å². The zero-order chi connectivity index (χ0) is 20.7. The lowest BCUT2D eigenvalue weighted by atomic mass is 10.2. The smallest absolute Gasteiger partial charge is 0.271 e. The summed E-state index contributed by atoms with van der Waals surface area (Å²) in [7, 11) is 3.17. The number of nitro groups is 1. The van der Waals surface area contributed by atoms with Crippen molar-refractivity contribution in [2.45, 2.75) is 6.92 Å². The van der Waals surface area contributed by atoms with Gasteiger partial charge in [0.05, 0.1) is 30.8 Å². The van der Waals surface area contributed by atoms with Crippen LogP contribution in [0.1, 0.15) is 5.56 Å². The number of rotatable bonds is 8. The topological polar surface area (TPSA) is 114 Å². The number of ether oxygens (including phenoxy) is 1. The summed E-state index contributed by atoms with van der Waals surface area (Å²) >= 11 is 0. The Morgan fingerprint density at radius 3 is 2.43 bits per heavy atom. The van der Waals surface area contributed by atoms with Crippen molar-refractivity contribution in [2.24, 2.45) is 0 Å². The van der Waals surface area contributed by atoms with Crippen molar-refractivity contribution < 1.29 is 19.2 Å². The van der Waals surface area contributed by atoms with Crippen LogP contribution in [0, 0.1) is 17.0 Å². The first-order valence-corrected chi connectivity index (χ1v) is 8.46. The Morgan fingerprint density at radius 2 is 1.79 bits per heavy atom. The number of methoxy groups -OCH3 is 1. The van der Waals surface area contributed by atoms with Crippen molar-refractivity contribution in [1.29, 1.82) is 0 Å². The van der Waals surface area contributed by atoms with Gasteiger partial charge in [-0.3, -0.25) is 24.6 Å². The predicted molar refractivity (Wildman–Crippen MR) is 106 cm³/mol. The second kappa shape index (κ2) is 9.47. The van der Waals surface area contributed by atoms with Crippen molar-refractivity contribution in [3.05, 3.63) is 58.1 Å². The molecule has 0 saturated heterocycles. The number of hydrogen-bond donors (Lipinski definition) is 2. The maximum absolute atomic E-state index is 12.2. The van der Waals surface area contributed by atoms with Gasteiger partial charge >= 0.3 is 0 Å². The molecule has 2 aromatic rings. The van der Waals surface area contributed by atoms with E-state index in [1.807, 2.05) is 0 Å². The lowest BCUT2D eigenvalue weighted by Gasteiger charge is -2.16. The molecule has 0 aromatic heterocycles. The molecule has 0 spiro atoms. The van der Waals surface area contributed by atoms with Crippen LogP contribution in [0.3, 0.4) is 0 Å². The summed E-state index contributed by atoms with van der Waals surface area (Å²) in [6.45, 7) is 1.69. The Labute approximate surface area is 162 Å². The molecule has 9 heteroatoms. The summed E-state index contributed by atoms with van der Waals surface area (Å²) in [5, 5.41) is 16.2. The molecule has 0 aliphatic carbocycles. The fourth-order valence-corrected chi connectivity index (χ4v) is 2.50. The highest BCUT2D eigenvalue weighted by molar-refractivity contribution is 5.95. The number of nitro benzene ring substituents is 1. The average Bonchev–Trinajstić information content (AvgIpc) is 2.63. The summed E-state index contributed by atoms with van der Waals surface area (Å²) in [5.74, 6) is -0.0341. The van der Waals surface area contributed by atoms with Gasteiger partial charge in [0.1, 0.15) is 5.75 Å². The molecule has 0 unspecified atom stereocenters. The molecular weight excluding hydrogens is 364 g/mol. The second-order valence-electron chi connectivity index (χ2n) is 6.26. The van der Waals surface area contributed by atoms with Crippen LogP contribution in [-0.2, 0) is 9.59 Å². The van der Waals surface area contributed by atoms with Crippen LogP contribution in [0.5, 0.6) is 5.75 Å². The van der Waals surface area contributed by atoms with Gasteiger partial charge in [0.15, 0.2) is 0 Å². The van der Waals surface area contributed by atoms with E-state index in [1.165, 1.54) is 24.1 Å². The maximum Gasteiger partial charge on any atom is 0.271 e. The zero-order valence-electron chi connectivity index (χ0n) is 15.9.